The first-order valence-electron chi connectivity index (χ1n) is 5.43. The molecule has 0 fully saturated rings. The molecule has 0 bridgehead atoms. The van der Waals surface area contributed by atoms with Gasteiger partial charge in [-0.25, -0.2) is 15.0 Å². The Morgan fingerprint density at radius 2 is 1.94 bits per heavy atom. The van der Waals surface area contributed by atoms with Crippen LogP contribution in [-0.2, 0) is 5.41 Å². The molecule has 0 saturated heterocycles. The van der Waals surface area contributed by atoms with Crippen molar-refractivity contribution in [1.82, 2.24) is 19.5 Å². The van der Waals surface area contributed by atoms with Gasteiger partial charge in [-0.1, -0.05) is 32.4 Å². The zero-order chi connectivity index (χ0) is 12.6. The molecule has 90 valence electrons. The number of aromatic nitrogens is 4. The maximum atomic E-state index is 6.04. The van der Waals surface area contributed by atoms with E-state index in [1.165, 1.54) is 0 Å². The molecule has 2 rings (SSSR count). The van der Waals surface area contributed by atoms with Crippen molar-refractivity contribution in [3.63, 3.8) is 0 Å². The third kappa shape index (κ3) is 2.47. The fourth-order valence-corrected chi connectivity index (χ4v) is 1.66. The van der Waals surface area contributed by atoms with Gasteiger partial charge in [0, 0.05) is 23.9 Å². The molecule has 0 atom stereocenters. The van der Waals surface area contributed by atoms with Gasteiger partial charge < -0.3 is 0 Å². The van der Waals surface area contributed by atoms with Crippen LogP contribution in [0.2, 0.25) is 5.15 Å². The molecule has 0 N–H and O–H groups in total. The summed E-state index contributed by atoms with van der Waals surface area (Å²) in [6.07, 6.45) is 3.60. The van der Waals surface area contributed by atoms with E-state index in [-0.39, 0.29) is 5.41 Å². The molecule has 0 unspecified atom stereocenters. The second kappa shape index (κ2) is 4.11. The minimum absolute atomic E-state index is 0.131. The minimum Gasteiger partial charge on any atom is -0.288 e. The Labute approximate surface area is 106 Å². The summed E-state index contributed by atoms with van der Waals surface area (Å²) in [7, 11) is 0. The molecule has 0 amide bonds. The van der Waals surface area contributed by atoms with Gasteiger partial charge in [0.2, 0.25) is 0 Å². The lowest BCUT2D eigenvalue weighted by molar-refractivity contribution is 0.543. The molecular formula is C12H15ClN4. The number of halogens is 1. The summed E-state index contributed by atoms with van der Waals surface area (Å²) >= 11 is 6.04. The van der Waals surface area contributed by atoms with Gasteiger partial charge >= 0.3 is 0 Å². The van der Waals surface area contributed by atoms with Gasteiger partial charge in [-0.15, -0.1) is 0 Å². The summed E-state index contributed by atoms with van der Waals surface area (Å²) in [6, 6.07) is 1.74. The SMILES string of the molecule is Cc1nccn1-c1cc(Cl)nc(C(C)(C)C)n1. The maximum absolute atomic E-state index is 6.04. The minimum atomic E-state index is -0.131. The first-order chi connectivity index (χ1) is 7.88. The number of hydrogen-bond acceptors (Lipinski definition) is 3. The lowest BCUT2D eigenvalue weighted by Crippen LogP contribution is -2.17. The van der Waals surface area contributed by atoms with Crippen molar-refractivity contribution in [2.24, 2.45) is 0 Å². The molecular weight excluding hydrogens is 236 g/mol. The van der Waals surface area contributed by atoms with Crippen LogP contribution in [0.5, 0.6) is 0 Å². The highest BCUT2D eigenvalue weighted by Gasteiger charge is 2.19. The van der Waals surface area contributed by atoms with Crippen molar-refractivity contribution in [2.75, 3.05) is 0 Å². The van der Waals surface area contributed by atoms with Crippen LogP contribution in [0.25, 0.3) is 5.82 Å². The van der Waals surface area contributed by atoms with Crippen molar-refractivity contribution in [2.45, 2.75) is 33.1 Å². The van der Waals surface area contributed by atoms with Crippen molar-refractivity contribution >= 4 is 11.6 Å². The van der Waals surface area contributed by atoms with Crippen LogP contribution in [0.1, 0.15) is 32.4 Å². The van der Waals surface area contributed by atoms with E-state index >= 15 is 0 Å². The van der Waals surface area contributed by atoms with Crippen LogP contribution in [-0.4, -0.2) is 19.5 Å². The molecule has 17 heavy (non-hydrogen) atoms. The molecule has 0 aromatic carbocycles. The monoisotopic (exact) mass is 250 g/mol. The second-order valence-corrected chi connectivity index (χ2v) is 5.35. The van der Waals surface area contributed by atoms with E-state index < -0.39 is 0 Å². The molecule has 2 aromatic heterocycles. The van der Waals surface area contributed by atoms with Crippen LogP contribution in [0.3, 0.4) is 0 Å². The summed E-state index contributed by atoms with van der Waals surface area (Å²) in [5.41, 5.74) is -0.131. The van der Waals surface area contributed by atoms with Crippen LogP contribution >= 0.6 is 11.6 Å². The van der Waals surface area contributed by atoms with E-state index in [4.69, 9.17) is 11.6 Å². The van der Waals surface area contributed by atoms with Gasteiger partial charge in [-0.2, -0.15) is 0 Å². The lowest BCUT2D eigenvalue weighted by atomic mass is 9.96. The predicted octanol–water partition coefficient (Wildman–Crippen LogP) is 2.92. The molecule has 2 aromatic rings. The second-order valence-electron chi connectivity index (χ2n) is 4.97. The van der Waals surface area contributed by atoms with E-state index in [9.17, 15) is 0 Å². The lowest BCUT2D eigenvalue weighted by Gasteiger charge is -2.17. The first-order valence-corrected chi connectivity index (χ1v) is 5.81. The van der Waals surface area contributed by atoms with E-state index in [0.29, 0.717) is 5.15 Å². The predicted molar refractivity (Wildman–Crippen MR) is 67.6 cm³/mol. The Hall–Kier alpha value is -1.42. The van der Waals surface area contributed by atoms with Gasteiger partial charge in [0.1, 0.15) is 22.6 Å². The summed E-state index contributed by atoms with van der Waals surface area (Å²) in [4.78, 5) is 13.0. The molecule has 5 heteroatoms. The number of imidazole rings is 1. The molecule has 0 radical (unpaired) electrons. The van der Waals surface area contributed by atoms with Gasteiger partial charge in [-0.3, -0.25) is 4.57 Å². The summed E-state index contributed by atoms with van der Waals surface area (Å²) in [6.45, 7) is 8.10. The Balaban J connectivity index is 2.57. The highest BCUT2D eigenvalue weighted by atomic mass is 35.5. The van der Waals surface area contributed by atoms with Crippen LogP contribution < -0.4 is 0 Å². The highest BCUT2D eigenvalue weighted by molar-refractivity contribution is 6.29. The van der Waals surface area contributed by atoms with Crippen molar-refractivity contribution in [3.8, 4) is 5.82 Å². The van der Waals surface area contributed by atoms with Crippen LogP contribution in [0.15, 0.2) is 18.5 Å². The van der Waals surface area contributed by atoms with E-state index in [1.807, 2.05) is 17.7 Å². The molecule has 0 aliphatic carbocycles. The van der Waals surface area contributed by atoms with Gasteiger partial charge in [0.05, 0.1) is 0 Å². The van der Waals surface area contributed by atoms with Crippen molar-refractivity contribution < 1.29 is 0 Å². The van der Waals surface area contributed by atoms with Gasteiger partial charge in [0.15, 0.2) is 0 Å². The van der Waals surface area contributed by atoms with E-state index in [1.54, 1.807) is 12.3 Å². The standard InChI is InChI=1S/C12H15ClN4/c1-8-14-5-6-17(8)10-7-9(13)15-11(16-10)12(2,3)4/h5-7H,1-4H3. The maximum Gasteiger partial charge on any atom is 0.143 e. The Morgan fingerprint density at radius 3 is 2.47 bits per heavy atom. The highest BCUT2D eigenvalue weighted by Crippen LogP contribution is 2.22. The van der Waals surface area contributed by atoms with Crippen LogP contribution in [0, 0.1) is 6.92 Å². The molecule has 2 heterocycles. The van der Waals surface area contributed by atoms with Crippen molar-refractivity contribution in [1.29, 1.82) is 0 Å². The largest absolute Gasteiger partial charge is 0.288 e. The Morgan fingerprint density at radius 1 is 1.24 bits per heavy atom. The summed E-state index contributed by atoms with van der Waals surface area (Å²) < 4.78 is 1.89. The quantitative estimate of drug-likeness (QED) is 0.731. The fourth-order valence-electron chi connectivity index (χ4n) is 1.48. The zero-order valence-electron chi connectivity index (χ0n) is 10.4. The number of aryl methyl sites for hydroxylation is 1. The number of hydrogen-bond donors (Lipinski definition) is 0. The van der Waals surface area contributed by atoms with Crippen molar-refractivity contribution in [3.05, 3.63) is 35.3 Å². The normalized spacial score (nSPS) is 11.8. The number of rotatable bonds is 1. The Kier molecular flexibility index (Phi) is 2.91. The molecule has 0 aliphatic heterocycles. The summed E-state index contributed by atoms with van der Waals surface area (Å²) in [5, 5.41) is 0.452. The topological polar surface area (TPSA) is 43.6 Å². The fraction of sp³-hybridized carbons (Fsp3) is 0.417. The summed E-state index contributed by atoms with van der Waals surface area (Å²) in [5.74, 6) is 2.36. The van der Waals surface area contributed by atoms with Gasteiger partial charge in [0.25, 0.3) is 0 Å². The molecule has 0 saturated carbocycles. The molecule has 0 aliphatic rings. The zero-order valence-corrected chi connectivity index (χ0v) is 11.2. The van der Waals surface area contributed by atoms with Gasteiger partial charge in [-0.05, 0) is 6.92 Å². The average molecular weight is 251 g/mol. The van der Waals surface area contributed by atoms with E-state index in [0.717, 1.165) is 17.5 Å². The van der Waals surface area contributed by atoms with E-state index in [2.05, 4.69) is 35.7 Å². The third-order valence-corrected chi connectivity index (χ3v) is 2.62. The molecule has 4 nitrogen and oxygen atoms in total. The smallest absolute Gasteiger partial charge is 0.143 e. The Bertz CT molecular complexity index is 540. The number of nitrogens with zero attached hydrogens (tertiary/aromatic N) is 4. The van der Waals surface area contributed by atoms with Crippen LogP contribution in [0.4, 0.5) is 0 Å². The third-order valence-electron chi connectivity index (χ3n) is 2.42. The average Bonchev–Trinajstić information content (AvgIpc) is 2.62. The molecule has 0 spiro atoms. The first kappa shape index (κ1) is 12.0.